The monoisotopic (exact) mass is 286 g/mol. The molecule has 2 fully saturated rings. The molecule has 1 heterocycles. The average Bonchev–Trinajstić information content (AvgIpc) is 3.10. The van der Waals surface area contributed by atoms with Gasteiger partial charge in [-0.05, 0) is 18.8 Å². The van der Waals surface area contributed by atoms with Crippen LogP contribution in [0.1, 0.15) is 25.7 Å². The van der Waals surface area contributed by atoms with Crippen molar-refractivity contribution in [3.63, 3.8) is 0 Å². The largest absolute Gasteiger partial charge is 0.481 e. The third kappa shape index (κ3) is 4.41. The summed E-state index contributed by atoms with van der Waals surface area (Å²) in [5, 5.41) is 11.6. The zero-order valence-corrected chi connectivity index (χ0v) is 11.4. The summed E-state index contributed by atoms with van der Waals surface area (Å²) in [5.74, 6) is 0.0414. The molecule has 1 aliphatic heterocycles. The number of aliphatic carboxylic acids is 1. The predicted octanol–water partition coefficient (Wildman–Crippen LogP) is 0.915. The molecular weight excluding hydrogens is 268 g/mol. The Bertz CT molecular complexity index is 384. The lowest BCUT2D eigenvalue weighted by molar-refractivity contribution is -0.137. The van der Waals surface area contributed by atoms with Crippen LogP contribution in [0.2, 0.25) is 0 Å². The minimum absolute atomic E-state index is 0.0189. The maximum atomic E-state index is 11.8. The highest BCUT2D eigenvalue weighted by Gasteiger charge is 2.33. The van der Waals surface area contributed by atoms with Gasteiger partial charge in [-0.3, -0.25) is 14.4 Å². The number of nitrogens with zero attached hydrogens (tertiary/aromatic N) is 1. The summed E-state index contributed by atoms with van der Waals surface area (Å²) in [7, 11) is 0. The van der Waals surface area contributed by atoms with E-state index in [1.54, 1.807) is 4.90 Å². The van der Waals surface area contributed by atoms with Gasteiger partial charge in [0.25, 0.3) is 5.24 Å². The highest BCUT2D eigenvalue weighted by atomic mass is 32.2. The van der Waals surface area contributed by atoms with Crippen LogP contribution in [0.4, 0.5) is 4.79 Å². The standard InChI is InChI=1S/C12H18N2O4S/c15-10(3-4-14-5-6-19-12(14)18)13-9(7-11(16)17)8-1-2-8/h8-9H,1-7H2,(H,13,15)(H,16,17). The van der Waals surface area contributed by atoms with Gasteiger partial charge in [-0.25, -0.2) is 0 Å². The van der Waals surface area contributed by atoms with Gasteiger partial charge in [0, 0.05) is 31.3 Å². The molecule has 6 nitrogen and oxygen atoms in total. The minimum atomic E-state index is -0.886. The molecule has 0 aromatic carbocycles. The van der Waals surface area contributed by atoms with E-state index >= 15 is 0 Å². The maximum absolute atomic E-state index is 11.8. The molecule has 1 saturated carbocycles. The molecule has 0 radical (unpaired) electrons. The van der Waals surface area contributed by atoms with Crippen molar-refractivity contribution in [1.82, 2.24) is 10.2 Å². The van der Waals surface area contributed by atoms with Gasteiger partial charge in [0.15, 0.2) is 0 Å². The lowest BCUT2D eigenvalue weighted by Gasteiger charge is -2.18. The van der Waals surface area contributed by atoms with Gasteiger partial charge in [0.05, 0.1) is 6.42 Å². The number of hydrogen-bond acceptors (Lipinski definition) is 4. The molecule has 2 N–H and O–H groups in total. The van der Waals surface area contributed by atoms with Gasteiger partial charge in [-0.1, -0.05) is 11.8 Å². The number of rotatable bonds is 7. The third-order valence-corrected chi connectivity index (χ3v) is 4.28. The van der Waals surface area contributed by atoms with Gasteiger partial charge in [0.1, 0.15) is 0 Å². The van der Waals surface area contributed by atoms with Crippen LogP contribution in [0.25, 0.3) is 0 Å². The first-order valence-electron chi connectivity index (χ1n) is 6.49. The zero-order valence-electron chi connectivity index (χ0n) is 10.6. The summed E-state index contributed by atoms with van der Waals surface area (Å²) in [6, 6.07) is -0.256. The summed E-state index contributed by atoms with van der Waals surface area (Å²) in [6.45, 7) is 1.11. The topological polar surface area (TPSA) is 86.7 Å². The average molecular weight is 286 g/mol. The van der Waals surface area contributed by atoms with E-state index in [0.29, 0.717) is 19.0 Å². The molecule has 0 aromatic heterocycles. The van der Waals surface area contributed by atoms with E-state index in [1.165, 1.54) is 11.8 Å². The van der Waals surface area contributed by atoms with Gasteiger partial charge >= 0.3 is 5.97 Å². The predicted molar refractivity (Wildman–Crippen MR) is 71.0 cm³/mol. The first-order chi connectivity index (χ1) is 9.06. The number of carbonyl (C=O) groups is 3. The second-order valence-electron chi connectivity index (χ2n) is 4.96. The lowest BCUT2D eigenvalue weighted by Crippen LogP contribution is -2.39. The van der Waals surface area contributed by atoms with E-state index in [2.05, 4.69) is 5.32 Å². The molecule has 2 rings (SSSR count). The molecule has 106 valence electrons. The molecule has 1 unspecified atom stereocenters. The number of carbonyl (C=O) groups excluding carboxylic acids is 2. The Kier molecular flexibility index (Phi) is 4.68. The van der Waals surface area contributed by atoms with E-state index in [1.807, 2.05) is 0 Å². The lowest BCUT2D eigenvalue weighted by atomic mass is 10.1. The summed E-state index contributed by atoms with van der Waals surface area (Å²) in [4.78, 5) is 35.5. The number of carboxylic acid groups (broad SMARTS) is 1. The van der Waals surface area contributed by atoms with Crippen molar-refractivity contribution >= 4 is 28.9 Å². The summed E-state index contributed by atoms with van der Waals surface area (Å²) >= 11 is 1.27. The third-order valence-electron chi connectivity index (χ3n) is 3.39. The molecule has 2 aliphatic rings. The Balaban J connectivity index is 1.72. The fourth-order valence-electron chi connectivity index (χ4n) is 2.17. The van der Waals surface area contributed by atoms with Crippen LogP contribution in [-0.2, 0) is 9.59 Å². The van der Waals surface area contributed by atoms with Crippen molar-refractivity contribution in [2.45, 2.75) is 31.7 Å². The Morgan fingerprint density at radius 2 is 2.21 bits per heavy atom. The molecule has 1 saturated heterocycles. The summed E-state index contributed by atoms with van der Waals surface area (Å²) in [6.07, 6.45) is 2.20. The molecule has 1 aliphatic carbocycles. The molecule has 0 aromatic rings. The Morgan fingerprint density at radius 1 is 1.47 bits per heavy atom. The van der Waals surface area contributed by atoms with Crippen molar-refractivity contribution in [3.8, 4) is 0 Å². The van der Waals surface area contributed by atoms with Crippen LogP contribution in [0.15, 0.2) is 0 Å². The fourth-order valence-corrected chi connectivity index (χ4v) is 3.02. The Labute approximate surface area is 115 Å². The smallest absolute Gasteiger partial charge is 0.305 e. The maximum Gasteiger partial charge on any atom is 0.305 e. The van der Waals surface area contributed by atoms with Gasteiger partial charge < -0.3 is 15.3 Å². The highest BCUT2D eigenvalue weighted by molar-refractivity contribution is 8.13. The van der Waals surface area contributed by atoms with Crippen LogP contribution in [0.5, 0.6) is 0 Å². The van der Waals surface area contributed by atoms with Crippen molar-refractivity contribution in [2.24, 2.45) is 5.92 Å². The van der Waals surface area contributed by atoms with Crippen molar-refractivity contribution in [3.05, 3.63) is 0 Å². The van der Waals surface area contributed by atoms with Crippen LogP contribution < -0.4 is 5.32 Å². The second-order valence-corrected chi connectivity index (χ2v) is 6.01. The van der Waals surface area contributed by atoms with Gasteiger partial charge in [-0.15, -0.1) is 0 Å². The molecule has 19 heavy (non-hydrogen) atoms. The van der Waals surface area contributed by atoms with E-state index < -0.39 is 5.97 Å². The van der Waals surface area contributed by atoms with Crippen LogP contribution in [0.3, 0.4) is 0 Å². The fraction of sp³-hybridized carbons (Fsp3) is 0.750. The Morgan fingerprint density at radius 3 is 2.74 bits per heavy atom. The normalized spacial score (nSPS) is 20.4. The SMILES string of the molecule is O=C(O)CC(NC(=O)CCN1CCSC1=O)C1CC1. The van der Waals surface area contributed by atoms with Crippen LogP contribution in [-0.4, -0.2) is 52.0 Å². The molecule has 2 amide bonds. The number of carboxylic acids is 1. The number of thioether (sulfide) groups is 1. The summed E-state index contributed by atoms with van der Waals surface area (Å²) < 4.78 is 0. The van der Waals surface area contributed by atoms with Crippen molar-refractivity contribution < 1.29 is 19.5 Å². The quantitative estimate of drug-likeness (QED) is 0.726. The number of hydrogen-bond donors (Lipinski definition) is 2. The second kappa shape index (κ2) is 6.27. The molecule has 7 heteroatoms. The first kappa shape index (κ1) is 14.2. The van der Waals surface area contributed by atoms with Crippen LogP contribution in [0, 0.1) is 5.92 Å². The van der Waals surface area contributed by atoms with Crippen molar-refractivity contribution in [2.75, 3.05) is 18.8 Å². The minimum Gasteiger partial charge on any atom is -0.481 e. The van der Waals surface area contributed by atoms with Crippen LogP contribution >= 0.6 is 11.8 Å². The van der Waals surface area contributed by atoms with E-state index in [4.69, 9.17) is 5.11 Å². The molecule has 0 spiro atoms. The van der Waals surface area contributed by atoms with Gasteiger partial charge in [-0.2, -0.15) is 0 Å². The molecule has 1 atom stereocenters. The number of amides is 2. The van der Waals surface area contributed by atoms with Gasteiger partial charge in [0.2, 0.25) is 5.91 Å². The van der Waals surface area contributed by atoms with Crippen molar-refractivity contribution in [1.29, 1.82) is 0 Å². The number of nitrogens with one attached hydrogen (secondary N) is 1. The van der Waals surface area contributed by atoms with E-state index in [-0.39, 0.29) is 30.0 Å². The zero-order chi connectivity index (χ0) is 13.8. The first-order valence-corrected chi connectivity index (χ1v) is 7.47. The van der Waals surface area contributed by atoms with E-state index in [0.717, 1.165) is 18.6 Å². The Hall–Kier alpha value is -1.24. The molecular formula is C12H18N2O4S. The summed E-state index contributed by atoms with van der Waals surface area (Å²) in [5.41, 5.74) is 0. The molecule has 0 bridgehead atoms. The van der Waals surface area contributed by atoms with E-state index in [9.17, 15) is 14.4 Å². The highest BCUT2D eigenvalue weighted by Crippen LogP contribution is 2.34.